The molecular weight excluding hydrogens is 276 g/mol. The Labute approximate surface area is 122 Å². The first-order valence-corrected chi connectivity index (χ1v) is 7.64. The average molecular weight is 296 g/mol. The fraction of sp³-hybridized carbons (Fsp3) is 0.615. The highest BCUT2D eigenvalue weighted by molar-refractivity contribution is 7.09. The number of thiazole rings is 1. The molecule has 0 bridgehead atoms. The lowest BCUT2D eigenvalue weighted by molar-refractivity contribution is -0.129. The number of amidine groups is 1. The van der Waals surface area contributed by atoms with Gasteiger partial charge in [-0.25, -0.2) is 4.98 Å². The van der Waals surface area contributed by atoms with Gasteiger partial charge in [0.05, 0.1) is 17.2 Å². The minimum absolute atomic E-state index is 0.0177. The zero-order chi connectivity index (χ0) is 14.6. The number of nitrogens with zero attached hydrogens (tertiary/aromatic N) is 2. The van der Waals surface area contributed by atoms with E-state index in [1.165, 1.54) is 0 Å². The van der Waals surface area contributed by atoms with Crippen LogP contribution >= 0.6 is 11.3 Å². The van der Waals surface area contributed by atoms with Gasteiger partial charge in [-0.15, -0.1) is 11.3 Å². The van der Waals surface area contributed by atoms with Gasteiger partial charge in [-0.1, -0.05) is 24.4 Å². The lowest BCUT2D eigenvalue weighted by atomic mass is 9.72. The van der Waals surface area contributed by atoms with Gasteiger partial charge >= 0.3 is 0 Å². The van der Waals surface area contributed by atoms with Gasteiger partial charge < -0.3 is 16.3 Å². The molecule has 7 heteroatoms. The summed E-state index contributed by atoms with van der Waals surface area (Å²) >= 11 is 1.55. The lowest BCUT2D eigenvalue weighted by Gasteiger charge is -2.34. The van der Waals surface area contributed by atoms with E-state index >= 15 is 0 Å². The lowest BCUT2D eigenvalue weighted by Crippen LogP contribution is -2.50. The van der Waals surface area contributed by atoms with E-state index in [9.17, 15) is 4.79 Å². The van der Waals surface area contributed by atoms with Crippen LogP contribution in [0.25, 0.3) is 0 Å². The molecule has 1 aromatic heterocycles. The van der Waals surface area contributed by atoms with Crippen LogP contribution in [-0.2, 0) is 11.3 Å². The number of amides is 1. The Hall–Kier alpha value is -1.63. The standard InChI is InChI=1S/C13H20N4O2S/c1-9-16-10(8-20-9)7-15-12(18)13(11(14)17-19)5-3-2-4-6-13/h8,19H,2-7H2,1H3,(H2,14,17)(H,15,18). The normalized spacial score (nSPS) is 18.8. The molecule has 0 aromatic carbocycles. The fourth-order valence-corrected chi connectivity index (χ4v) is 3.29. The molecule has 1 aliphatic carbocycles. The third-order valence-corrected chi connectivity index (χ3v) is 4.66. The highest BCUT2D eigenvalue weighted by Gasteiger charge is 2.43. The van der Waals surface area contributed by atoms with Crippen LogP contribution in [0.5, 0.6) is 0 Å². The molecule has 1 fully saturated rings. The van der Waals surface area contributed by atoms with E-state index in [1.807, 2.05) is 12.3 Å². The molecule has 0 atom stereocenters. The summed E-state index contributed by atoms with van der Waals surface area (Å²) < 4.78 is 0. The highest BCUT2D eigenvalue weighted by Crippen LogP contribution is 2.36. The first-order valence-electron chi connectivity index (χ1n) is 6.76. The summed E-state index contributed by atoms with van der Waals surface area (Å²) in [7, 11) is 0. The maximum atomic E-state index is 12.5. The van der Waals surface area contributed by atoms with E-state index in [-0.39, 0.29) is 11.7 Å². The number of oxime groups is 1. The first-order chi connectivity index (χ1) is 9.58. The third-order valence-electron chi connectivity index (χ3n) is 3.84. The van der Waals surface area contributed by atoms with Crippen LogP contribution in [0.1, 0.15) is 42.8 Å². The minimum atomic E-state index is -0.863. The molecule has 0 saturated heterocycles. The zero-order valence-corrected chi connectivity index (χ0v) is 12.4. The molecule has 1 amide bonds. The number of nitrogens with one attached hydrogen (secondary N) is 1. The van der Waals surface area contributed by atoms with Crippen molar-refractivity contribution in [2.75, 3.05) is 0 Å². The number of hydrogen-bond acceptors (Lipinski definition) is 5. The van der Waals surface area contributed by atoms with Gasteiger partial charge in [-0.3, -0.25) is 4.79 Å². The number of carbonyl (C=O) groups is 1. The highest BCUT2D eigenvalue weighted by atomic mass is 32.1. The van der Waals surface area contributed by atoms with E-state index in [0.717, 1.165) is 30.0 Å². The molecule has 1 aromatic rings. The van der Waals surface area contributed by atoms with Gasteiger partial charge in [0.2, 0.25) is 5.91 Å². The summed E-state index contributed by atoms with van der Waals surface area (Å²) in [5.41, 5.74) is 5.76. The van der Waals surface area contributed by atoms with Crippen LogP contribution in [0, 0.1) is 12.3 Å². The first kappa shape index (κ1) is 14.8. The second-order valence-corrected chi connectivity index (χ2v) is 6.23. The SMILES string of the molecule is Cc1nc(CNC(=O)C2(C(N)=NO)CCCCC2)cs1. The molecule has 0 unspecified atom stereocenters. The summed E-state index contributed by atoms with van der Waals surface area (Å²) in [5.74, 6) is -0.151. The van der Waals surface area contributed by atoms with E-state index in [0.29, 0.717) is 19.4 Å². The molecule has 1 aliphatic rings. The fourth-order valence-electron chi connectivity index (χ4n) is 2.68. The van der Waals surface area contributed by atoms with Gasteiger partial charge in [0, 0.05) is 5.38 Å². The smallest absolute Gasteiger partial charge is 0.234 e. The molecule has 20 heavy (non-hydrogen) atoms. The molecule has 6 nitrogen and oxygen atoms in total. The number of carbonyl (C=O) groups excluding carboxylic acids is 1. The Balaban J connectivity index is 2.07. The Morgan fingerprint density at radius 3 is 2.80 bits per heavy atom. The molecular formula is C13H20N4O2S. The number of aryl methyl sites for hydroxylation is 1. The molecule has 1 heterocycles. The maximum absolute atomic E-state index is 12.5. The minimum Gasteiger partial charge on any atom is -0.409 e. The van der Waals surface area contributed by atoms with E-state index in [2.05, 4.69) is 15.5 Å². The third kappa shape index (κ3) is 2.92. The van der Waals surface area contributed by atoms with Gasteiger partial charge in [0.25, 0.3) is 0 Å². The van der Waals surface area contributed by atoms with Crippen molar-refractivity contribution in [1.29, 1.82) is 0 Å². The predicted octanol–water partition coefficient (Wildman–Crippen LogP) is 1.76. The molecule has 110 valence electrons. The van der Waals surface area contributed by atoms with Crippen molar-refractivity contribution in [2.24, 2.45) is 16.3 Å². The average Bonchev–Trinajstić information content (AvgIpc) is 2.90. The van der Waals surface area contributed by atoms with Crippen LogP contribution in [-0.4, -0.2) is 21.9 Å². The van der Waals surface area contributed by atoms with Crippen LogP contribution in [0.4, 0.5) is 0 Å². The maximum Gasteiger partial charge on any atom is 0.234 e. The summed E-state index contributed by atoms with van der Waals surface area (Å²) in [6.07, 6.45) is 4.17. The zero-order valence-electron chi connectivity index (χ0n) is 11.6. The van der Waals surface area contributed by atoms with Crippen LogP contribution in [0.3, 0.4) is 0 Å². The van der Waals surface area contributed by atoms with E-state index < -0.39 is 5.41 Å². The Kier molecular flexibility index (Phi) is 4.59. The molecule has 4 N–H and O–H groups in total. The van der Waals surface area contributed by atoms with Crippen molar-refractivity contribution in [2.45, 2.75) is 45.6 Å². The van der Waals surface area contributed by atoms with Gasteiger partial charge in [-0.2, -0.15) is 0 Å². The Bertz CT molecular complexity index is 506. The summed E-state index contributed by atoms with van der Waals surface area (Å²) in [6, 6.07) is 0. The van der Waals surface area contributed by atoms with Crippen molar-refractivity contribution in [3.05, 3.63) is 16.1 Å². The monoisotopic (exact) mass is 296 g/mol. The largest absolute Gasteiger partial charge is 0.409 e. The second kappa shape index (κ2) is 6.21. The van der Waals surface area contributed by atoms with Crippen LogP contribution in [0.15, 0.2) is 10.5 Å². The molecule has 0 spiro atoms. The topological polar surface area (TPSA) is 101 Å². The Morgan fingerprint density at radius 1 is 1.55 bits per heavy atom. The van der Waals surface area contributed by atoms with Crippen molar-refractivity contribution in [3.63, 3.8) is 0 Å². The van der Waals surface area contributed by atoms with Crippen molar-refractivity contribution in [3.8, 4) is 0 Å². The molecule has 0 aliphatic heterocycles. The molecule has 0 radical (unpaired) electrons. The van der Waals surface area contributed by atoms with Crippen molar-refractivity contribution >= 4 is 23.1 Å². The number of aromatic nitrogens is 1. The van der Waals surface area contributed by atoms with Gasteiger partial charge in [0.1, 0.15) is 5.41 Å². The predicted molar refractivity (Wildman–Crippen MR) is 77.6 cm³/mol. The summed E-state index contributed by atoms with van der Waals surface area (Å²) in [5, 5.41) is 17.8. The number of hydrogen-bond donors (Lipinski definition) is 3. The van der Waals surface area contributed by atoms with Gasteiger partial charge in [0.15, 0.2) is 5.84 Å². The van der Waals surface area contributed by atoms with Crippen LogP contribution < -0.4 is 11.1 Å². The quantitative estimate of drug-likeness (QED) is 0.341. The van der Waals surface area contributed by atoms with E-state index in [4.69, 9.17) is 10.9 Å². The van der Waals surface area contributed by atoms with Crippen molar-refractivity contribution in [1.82, 2.24) is 10.3 Å². The van der Waals surface area contributed by atoms with Crippen molar-refractivity contribution < 1.29 is 10.0 Å². The number of nitrogens with two attached hydrogens (primary N) is 1. The van der Waals surface area contributed by atoms with Gasteiger partial charge in [-0.05, 0) is 19.8 Å². The number of rotatable bonds is 4. The Morgan fingerprint density at radius 2 is 2.25 bits per heavy atom. The van der Waals surface area contributed by atoms with E-state index in [1.54, 1.807) is 11.3 Å². The molecule has 2 rings (SSSR count). The summed E-state index contributed by atoms with van der Waals surface area (Å²) in [6.45, 7) is 2.30. The summed E-state index contributed by atoms with van der Waals surface area (Å²) in [4.78, 5) is 16.8. The second-order valence-electron chi connectivity index (χ2n) is 5.17. The van der Waals surface area contributed by atoms with Crippen LogP contribution in [0.2, 0.25) is 0 Å². The molecule has 1 saturated carbocycles.